The fourth-order valence-corrected chi connectivity index (χ4v) is 3.87. The highest BCUT2D eigenvalue weighted by Gasteiger charge is 2.33. The number of pyridine rings is 1. The van der Waals surface area contributed by atoms with Gasteiger partial charge in [0, 0.05) is 22.6 Å². The third kappa shape index (κ3) is 4.76. The third-order valence-corrected chi connectivity index (χ3v) is 5.54. The molecular formula is C19H21BrFN3S. The van der Waals surface area contributed by atoms with Crippen LogP contribution < -0.4 is 10.6 Å². The maximum atomic E-state index is 13.3. The van der Waals surface area contributed by atoms with Crippen LogP contribution in [0.15, 0.2) is 47.1 Å². The lowest BCUT2D eigenvalue weighted by molar-refractivity contribution is 0.292. The number of hydrogen-bond acceptors (Lipinski definition) is 2. The Kier molecular flexibility index (Phi) is 6.02. The predicted molar refractivity (Wildman–Crippen MR) is 107 cm³/mol. The number of anilines is 1. The average molecular weight is 422 g/mol. The first kappa shape index (κ1) is 18.3. The number of nitrogens with one attached hydrogen (secondary N) is 2. The SMILES string of the molecule is Fc1ccc(C2(CNC(=S)Nc3ccc(Br)cn3)CCCCC2)cc1. The largest absolute Gasteiger partial charge is 0.362 e. The Labute approximate surface area is 161 Å². The minimum atomic E-state index is -0.193. The van der Waals surface area contributed by atoms with Crippen LogP contribution in [-0.2, 0) is 5.41 Å². The molecule has 1 fully saturated rings. The molecule has 3 nitrogen and oxygen atoms in total. The van der Waals surface area contributed by atoms with Crippen LogP contribution in [0.3, 0.4) is 0 Å². The van der Waals surface area contributed by atoms with Crippen molar-refractivity contribution in [3.8, 4) is 0 Å². The van der Waals surface area contributed by atoms with Crippen LogP contribution in [0.4, 0.5) is 10.2 Å². The number of aromatic nitrogens is 1. The maximum absolute atomic E-state index is 13.3. The molecule has 0 aliphatic heterocycles. The molecule has 0 radical (unpaired) electrons. The van der Waals surface area contributed by atoms with Crippen molar-refractivity contribution in [1.82, 2.24) is 10.3 Å². The molecule has 0 bridgehead atoms. The molecule has 1 aromatic heterocycles. The van der Waals surface area contributed by atoms with Gasteiger partial charge in [-0.2, -0.15) is 0 Å². The zero-order valence-electron chi connectivity index (χ0n) is 13.9. The van der Waals surface area contributed by atoms with Gasteiger partial charge in [-0.25, -0.2) is 9.37 Å². The van der Waals surface area contributed by atoms with E-state index < -0.39 is 0 Å². The molecule has 1 aromatic carbocycles. The first-order valence-corrected chi connectivity index (χ1v) is 9.70. The quantitative estimate of drug-likeness (QED) is 0.667. The summed E-state index contributed by atoms with van der Waals surface area (Å²) in [7, 11) is 0. The second kappa shape index (κ2) is 8.23. The van der Waals surface area contributed by atoms with Gasteiger partial charge in [-0.15, -0.1) is 0 Å². The first-order valence-electron chi connectivity index (χ1n) is 8.50. The van der Waals surface area contributed by atoms with Crippen molar-refractivity contribution in [1.29, 1.82) is 0 Å². The van der Waals surface area contributed by atoms with E-state index in [1.807, 2.05) is 24.3 Å². The molecule has 0 amide bonds. The van der Waals surface area contributed by atoms with E-state index >= 15 is 0 Å². The van der Waals surface area contributed by atoms with E-state index in [1.54, 1.807) is 18.3 Å². The molecule has 1 aliphatic rings. The van der Waals surface area contributed by atoms with Gasteiger partial charge in [-0.3, -0.25) is 0 Å². The van der Waals surface area contributed by atoms with Crippen LogP contribution in [0.1, 0.15) is 37.7 Å². The standard InChI is InChI=1S/C19H21BrFN3S/c20-15-6-9-17(22-12-15)24-18(25)23-13-19(10-2-1-3-11-19)14-4-7-16(21)8-5-14/h4-9,12H,1-3,10-11,13H2,(H2,22,23,24,25). The summed E-state index contributed by atoms with van der Waals surface area (Å²) in [5.74, 6) is 0.515. The number of hydrogen-bond donors (Lipinski definition) is 2. The highest BCUT2D eigenvalue weighted by molar-refractivity contribution is 9.10. The molecule has 6 heteroatoms. The van der Waals surface area contributed by atoms with Gasteiger partial charge in [0.25, 0.3) is 0 Å². The molecule has 25 heavy (non-hydrogen) atoms. The summed E-state index contributed by atoms with van der Waals surface area (Å²) in [5.41, 5.74) is 1.19. The Balaban J connectivity index is 1.67. The van der Waals surface area contributed by atoms with Gasteiger partial charge < -0.3 is 10.6 Å². The average Bonchev–Trinajstić information content (AvgIpc) is 2.63. The van der Waals surface area contributed by atoms with Crippen molar-refractivity contribution in [3.63, 3.8) is 0 Å². The minimum absolute atomic E-state index is 0.00480. The second-order valence-corrected chi connectivity index (χ2v) is 7.84. The summed E-state index contributed by atoms with van der Waals surface area (Å²) in [4.78, 5) is 4.27. The van der Waals surface area contributed by atoms with E-state index in [9.17, 15) is 4.39 Å². The summed E-state index contributed by atoms with van der Waals surface area (Å²) in [6, 6.07) is 10.7. The predicted octanol–water partition coefficient (Wildman–Crippen LogP) is 5.17. The van der Waals surface area contributed by atoms with Crippen LogP contribution in [0.5, 0.6) is 0 Å². The van der Waals surface area contributed by atoms with Crippen LogP contribution >= 0.6 is 28.1 Å². The molecule has 2 aromatic rings. The van der Waals surface area contributed by atoms with Crippen molar-refractivity contribution < 1.29 is 4.39 Å². The van der Waals surface area contributed by atoms with Gasteiger partial charge in [-0.05, 0) is 70.8 Å². The molecule has 0 saturated heterocycles. The lowest BCUT2D eigenvalue weighted by atomic mass is 9.69. The van der Waals surface area contributed by atoms with Crippen molar-refractivity contribution in [2.24, 2.45) is 0 Å². The molecular weight excluding hydrogens is 401 g/mol. The van der Waals surface area contributed by atoms with E-state index in [4.69, 9.17) is 12.2 Å². The van der Waals surface area contributed by atoms with E-state index in [0.717, 1.165) is 23.9 Å². The Hall–Kier alpha value is -1.53. The van der Waals surface area contributed by atoms with Gasteiger partial charge in [0.05, 0.1) is 0 Å². The van der Waals surface area contributed by atoms with Crippen LogP contribution in [-0.4, -0.2) is 16.6 Å². The molecule has 132 valence electrons. The smallest absolute Gasteiger partial charge is 0.171 e. The first-order chi connectivity index (χ1) is 12.1. The maximum Gasteiger partial charge on any atom is 0.171 e. The number of rotatable bonds is 4. The molecule has 0 atom stereocenters. The minimum Gasteiger partial charge on any atom is -0.362 e. The number of halogens is 2. The van der Waals surface area contributed by atoms with Gasteiger partial charge >= 0.3 is 0 Å². The molecule has 1 aliphatic carbocycles. The Bertz CT molecular complexity index is 712. The zero-order valence-corrected chi connectivity index (χ0v) is 16.3. The summed E-state index contributed by atoms with van der Waals surface area (Å²) in [6.07, 6.45) is 7.54. The van der Waals surface area contributed by atoms with Crippen molar-refractivity contribution >= 4 is 39.1 Å². The van der Waals surface area contributed by atoms with Crippen LogP contribution in [0, 0.1) is 5.82 Å². The molecule has 0 spiro atoms. The summed E-state index contributed by atoms with van der Waals surface area (Å²) in [5, 5.41) is 7.02. The third-order valence-electron chi connectivity index (χ3n) is 4.82. The van der Waals surface area contributed by atoms with E-state index in [2.05, 4.69) is 31.5 Å². The van der Waals surface area contributed by atoms with Gasteiger partial charge in [-0.1, -0.05) is 31.4 Å². The molecule has 0 unspecified atom stereocenters. The highest BCUT2D eigenvalue weighted by atomic mass is 79.9. The Morgan fingerprint density at radius 3 is 2.48 bits per heavy atom. The van der Waals surface area contributed by atoms with Crippen molar-refractivity contribution in [2.45, 2.75) is 37.5 Å². The van der Waals surface area contributed by atoms with Crippen molar-refractivity contribution in [3.05, 3.63) is 58.4 Å². The lowest BCUT2D eigenvalue weighted by Gasteiger charge is -2.38. The monoisotopic (exact) mass is 421 g/mol. The second-order valence-electron chi connectivity index (χ2n) is 6.52. The summed E-state index contributed by atoms with van der Waals surface area (Å²) < 4.78 is 14.2. The highest BCUT2D eigenvalue weighted by Crippen LogP contribution is 2.39. The topological polar surface area (TPSA) is 37.0 Å². The molecule has 2 N–H and O–H groups in total. The number of thiocarbonyl (C=S) groups is 1. The lowest BCUT2D eigenvalue weighted by Crippen LogP contribution is -2.43. The van der Waals surface area contributed by atoms with Gasteiger partial charge in [0.15, 0.2) is 5.11 Å². The van der Waals surface area contributed by atoms with Gasteiger partial charge in [0.2, 0.25) is 0 Å². The van der Waals surface area contributed by atoms with E-state index in [1.165, 1.54) is 24.8 Å². The van der Waals surface area contributed by atoms with E-state index in [-0.39, 0.29) is 11.2 Å². The fraction of sp³-hybridized carbons (Fsp3) is 0.368. The number of benzene rings is 1. The van der Waals surface area contributed by atoms with Crippen LogP contribution in [0.25, 0.3) is 0 Å². The molecule has 1 heterocycles. The Morgan fingerprint density at radius 2 is 1.84 bits per heavy atom. The summed E-state index contributed by atoms with van der Waals surface area (Å²) >= 11 is 8.79. The number of nitrogens with zero attached hydrogens (tertiary/aromatic N) is 1. The molecule has 3 rings (SSSR count). The van der Waals surface area contributed by atoms with Crippen LogP contribution in [0.2, 0.25) is 0 Å². The fourth-order valence-electron chi connectivity index (χ4n) is 3.46. The van der Waals surface area contributed by atoms with Gasteiger partial charge in [0.1, 0.15) is 11.6 Å². The molecule has 1 saturated carbocycles. The normalized spacial score (nSPS) is 16.2. The van der Waals surface area contributed by atoms with E-state index in [0.29, 0.717) is 10.9 Å². The zero-order chi connectivity index (χ0) is 17.7. The Morgan fingerprint density at radius 1 is 1.12 bits per heavy atom. The van der Waals surface area contributed by atoms with Crippen molar-refractivity contribution in [2.75, 3.05) is 11.9 Å². The summed E-state index contributed by atoms with van der Waals surface area (Å²) in [6.45, 7) is 0.737.